The Morgan fingerprint density at radius 2 is 1.65 bits per heavy atom. The summed E-state index contributed by atoms with van der Waals surface area (Å²) in [6.45, 7) is 0. The van der Waals surface area contributed by atoms with Gasteiger partial charge in [-0.25, -0.2) is 9.79 Å². The molecule has 0 unspecified atom stereocenters. The largest absolute Gasteiger partial charge is 0.422 e. The predicted octanol–water partition coefficient (Wildman–Crippen LogP) is 6.60. The molecule has 1 aliphatic rings. The number of nitrogens with one attached hydrogen (secondary N) is 1. The van der Waals surface area contributed by atoms with Crippen LogP contribution >= 0.6 is 23.4 Å². The van der Waals surface area contributed by atoms with E-state index in [0.29, 0.717) is 37.7 Å². The minimum absolute atomic E-state index is 0.270. The number of fused-ring (bicyclic) bond motifs is 1. The molecule has 4 aromatic carbocycles. The lowest BCUT2D eigenvalue weighted by Crippen LogP contribution is -2.19. The number of hydrogen-bond donors (Lipinski definition) is 1. The van der Waals surface area contributed by atoms with Gasteiger partial charge >= 0.3 is 5.97 Å². The zero-order chi connectivity index (χ0) is 23.5. The molecule has 0 aromatic heterocycles. The van der Waals surface area contributed by atoms with Crippen molar-refractivity contribution in [3.63, 3.8) is 0 Å². The topological polar surface area (TPSA) is 67.8 Å². The Morgan fingerprint density at radius 1 is 0.912 bits per heavy atom. The zero-order valence-corrected chi connectivity index (χ0v) is 19.3. The van der Waals surface area contributed by atoms with Crippen molar-refractivity contribution in [2.24, 2.45) is 4.99 Å². The van der Waals surface area contributed by atoms with Gasteiger partial charge in [-0.1, -0.05) is 66.2 Å². The van der Waals surface area contributed by atoms with Gasteiger partial charge in [0.15, 0.2) is 5.17 Å². The smallest absolute Gasteiger partial charge is 0.344 e. The van der Waals surface area contributed by atoms with Gasteiger partial charge in [0.2, 0.25) is 0 Å². The average molecular weight is 485 g/mol. The van der Waals surface area contributed by atoms with Crippen molar-refractivity contribution >= 4 is 62.9 Å². The van der Waals surface area contributed by atoms with Crippen molar-refractivity contribution in [2.45, 2.75) is 0 Å². The SMILES string of the molecule is O=C1NC(=Nc2ccc(Cl)cc2)S/C1=C\c1ccccc1OC(=O)c1cccc2ccccc12. The second kappa shape index (κ2) is 9.55. The molecule has 0 saturated carbocycles. The van der Waals surface area contributed by atoms with Crippen LogP contribution in [-0.4, -0.2) is 17.0 Å². The van der Waals surface area contributed by atoms with Gasteiger partial charge in [0.05, 0.1) is 16.2 Å². The van der Waals surface area contributed by atoms with Crippen LogP contribution < -0.4 is 10.1 Å². The van der Waals surface area contributed by atoms with Gasteiger partial charge in [-0.15, -0.1) is 0 Å². The van der Waals surface area contributed by atoms with Crippen molar-refractivity contribution in [3.8, 4) is 5.75 Å². The number of ether oxygens (including phenoxy) is 1. The minimum Gasteiger partial charge on any atom is -0.422 e. The molecule has 1 amide bonds. The van der Waals surface area contributed by atoms with Crippen LogP contribution in [0.1, 0.15) is 15.9 Å². The molecule has 1 aliphatic heterocycles. The minimum atomic E-state index is -0.462. The number of carbonyl (C=O) groups is 2. The van der Waals surface area contributed by atoms with E-state index in [1.54, 1.807) is 54.6 Å². The van der Waals surface area contributed by atoms with Crippen LogP contribution in [0.5, 0.6) is 5.75 Å². The van der Waals surface area contributed by atoms with Gasteiger partial charge < -0.3 is 10.1 Å². The van der Waals surface area contributed by atoms with Gasteiger partial charge in [0.25, 0.3) is 5.91 Å². The number of para-hydroxylation sites is 1. The van der Waals surface area contributed by atoms with Crippen molar-refractivity contribution in [3.05, 3.63) is 112 Å². The van der Waals surface area contributed by atoms with E-state index in [1.807, 2.05) is 42.5 Å². The summed E-state index contributed by atoms with van der Waals surface area (Å²) in [6.07, 6.45) is 1.69. The van der Waals surface area contributed by atoms with Crippen molar-refractivity contribution in [1.29, 1.82) is 0 Å². The number of nitrogens with zero attached hydrogens (tertiary/aromatic N) is 1. The maximum absolute atomic E-state index is 13.0. The molecule has 4 aromatic rings. The molecule has 1 N–H and O–H groups in total. The van der Waals surface area contributed by atoms with Crippen LogP contribution in [0.2, 0.25) is 5.02 Å². The number of thioether (sulfide) groups is 1. The number of aliphatic imine (C=N–C) groups is 1. The number of benzene rings is 4. The van der Waals surface area contributed by atoms with Gasteiger partial charge in [-0.3, -0.25) is 4.79 Å². The first-order valence-electron chi connectivity index (χ1n) is 10.4. The molecule has 1 saturated heterocycles. The van der Waals surface area contributed by atoms with Crippen LogP contribution in [0.15, 0.2) is 101 Å². The zero-order valence-electron chi connectivity index (χ0n) is 17.7. The van der Waals surface area contributed by atoms with E-state index in [9.17, 15) is 9.59 Å². The van der Waals surface area contributed by atoms with Crippen LogP contribution in [0.3, 0.4) is 0 Å². The first kappa shape index (κ1) is 21.9. The molecule has 166 valence electrons. The molecule has 0 bridgehead atoms. The normalized spacial score (nSPS) is 15.6. The summed E-state index contributed by atoms with van der Waals surface area (Å²) in [7, 11) is 0. The summed E-state index contributed by atoms with van der Waals surface area (Å²) in [5.74, 6) is -0.367. The third-order valence-corrected chi connectivity index (χ3v) is 6.29. The molecule has 7 heteroatoms. The second-order valence-corrected chi connectivity index (χ2v) is 8.88. The molecule has 1 heterocycles. The van der Waals surface area contributed by atoms with E-state index >= 15 is 0 Å². The molecule has 0 spiro atoms. The van der Waals surface area contributed by atoms with Crippen LogP contribution in [0.25, 0.3) is 16.8 Å². The summed E-state index contributed by atoms with van der Waals surface area (Å²) in [5, 5.41) is 5.61. The highest BCUT2D eigenvalue weighted by Crippen LogP contribution is 2.31. The molecular weight excluding hydrogens is 468 g/mol. The first-order valence-corrected chi connectivity index (χ1v) is 11.6. The Kier molecular flexibility index (Phi) is 6.16. The molecule has 34 heavy (non-hydrogen) atoms. The van der Waals surface area contributed by atoms with Crippen molar-refractivity contribution in [2.75, 3.05) is 0 Å². The number of carbonyl (C=O) groups excluding carboxylic acids is 2. The Bertz CT molecular complexity index is 1470. The van der Waals surface area contributed by atoms with E-state index in [1.165, 1.54) is 11.8 Å². The molecule has 5 nitrogen and oxygen atoms in total. The molecule has 5 rings (SSSR count). The van der Waals surface area contributed by atoms with Crippen LogP contribution in [0, 0.1) is 0 Å². The monoisotopic (exact) mass is 484 g/mol. The maximum atomic E-state index is 13.0. The predicted molar refractivity (Wildman–Crippen MR) is 138 cm³/mol. The van der Waals surface area contributed by atoms with E-state index in [2.05, 4.69) is 10.3 Å². The molecule has 0 radical (unpaired) electrons. The quantitative estimate of drug-likeness (QED) is 0.201. The summed E-state index contributed by atoms with van der Waals surface area (Å²) in [6, 6.07) is 27.3. The molecule has 0 atom stereocenters. The first-order chi connectivity index (χ1) is 16.6. The summed E-state index contributed by atoms with van der Waals surface area (Å²) >= 11 is 7.13. The van der Waals surface area contributed by atoms with E-state index < -0.39 is 5.97 Å². The fourth-order valence-corrected chi connectivity index (χ4v) is 4.46. The van der Waals surface area contributed by atoms with Crippen LogP contribution in [0.4, 0.5) is 5.69 Å². The summed E-state index contributed by atoms with van der Waals surface area (Å²) in [4.78, 5) is 30.4. The van der Waals surface area contributed by atoms with Gasteiger partial charge in [0, 0.05) is 10.6 Å². The van der Waals surface area contributed by atoms with Crippen molar-refractivity contribution in [1.82, 2.24) is 5.32 Å². The van der Waals surface area contributed by atoms with Gasteiger partial charge in [0.1, 0.15) is 5.75 Å². The number of esters is 1. The Balaban J connectivity index is 1.40. The third-order valence-electron chi connectivity index (χ3n) is 5.13. The van der Waals surface area contributed by atoms with E-state index in [0.717, 1.165) is 10.8 Å². The highest BCUT2D eigenvalue weighted by Gasteiger charge is 2.24. The van der Waals surface area contributed by atoms with Gasteiger partial charge in [-0.05, 0) is 65.0 Å². The summed E-state index contributed by atoms with van der Waals surface area (Å²) in [5.41, 5.74) is 1.77. The Hall–Kier alpha value is -3.87. The second-order valence-electron chi connectivity index (χ2n) is 7.41. The standard InChI is InChI=1S/C27H17ClN2O3S/c28-19-12-14-20(15-13-19)29-27-30-25(31)24(34-27)16-18-7-2-4-11-23(18)33-26(32)22-10-5-8-17-6-1-3-9-21(17)22/h1-16H,(H,29,30,31)/b24-16-. The fourth-order valence-electron chi connectivity index (χ4n) is 3.51. The molecule has 1 fully saturated rings. The number of amides is 1. The van der Waals surface area contributed by atoms with Gasteiger partial charge in [-0.2, -0.15) is 0 Å². The number of hydrogen-bond acceptors (Lipinski definition) is 5. The Morgan fingerprint density at radius 3 is 2.50 bits per heavy atom. The highest BCUT2D eigenvalue weighted by atomic mass is 35.5. The lowest BCUT2D eigenvalue weighted by atomic mass is 10.0. The lowest BCUT2D eigenvalue weighted by Gasteiger charge is -2.09. The third kappa shape index (κ3) is 4.73. The number of halogens is 1. The highest BCUT2D eigenvalue weighted by molar-refractivity contribution is 8.18. The summed E-state index contributed by atoms with van der Waals surface area (Å²) < 4.78 is 5.75. The van der Waals surface area contributed by atoms with Crippen molar-refractivity contribution < 1.29 is 14.3 Å². The Labute approximate surface area is 205 Å². The number of amidine groups is 1. The average Bonchev–Trinajstić information content (AvgIpc) is 3.19. The number of rotatable bonds is 4. The van der Waals surface area contributed by atoms with E-state index in [-0.39, 0.29) is 5.91 Å². The fraction of sp³-hybridized carbons (Fsp3) is 0. The molecular formula is C27H17ClN2O3S. The molecule has 0 aliphatic carbocycles. The van der Waals surface area contributed by atoms with Crippen LogP contribution in [-0.2, 0) is 4.79 Å². The lowest BCUT2D eigenvalue weighted by molar-refractivity contribution is -0.115. The maximum Gasteiger partial charge on any atom is 0.344 e. The van der Waals surface area contributed by atoms with E-state index in [4.69, 9.17) is 16.3 Å².